The van der Waals surface area contributed by atoms with E-state index in [9.17, 15) is 9.59 Å². The third-order valence-electron chi connectivity index (χ3n) is 4.24. The summed E-state index contributed by atoms with van der Waals surface area (Å²) in [4.78, 5) is 25.1. The molecule has 2 aromatic rings. The van der Waals surface area contributed by atoms with Crippen molar-refractivity contribution in [3.05, 3.63) is 64.1 Å². The van der Waals surface area contributed by atoms with E-state index in [1.54, 1.807) is 18.2 Å². The molecule has 0 fully saturated rings. The van der Waals surface area contributed by atoms with Crippen LogP contribution in [0.2, 0.25) is 10.0 Å². The maximum atomic E-state index is 12.2. The minimum atomic E-state index is -0.194. The van der Waals surface area contributed by atoms with Gasteiger partial charge in [-0.2, -0.15) is 0 Å². The zero-order valence-electron chi connectivity index (χ0n) is 16.1. The molecule has 1 unspecified atom stereocenters. The maximum Gasteiger partial charge on any atom is 0.279 e. The van der Waals surface area contributed by atoms with Gasteiger partial charge in [-0.1, -0.05) is 53.5 Å². The molecule has 0 aromatic heterocycles. The van der Waals surface area contributed by atoms with Gasteiger partial charge < -0.3 is 15.5 Å². The van der Waals surface area contributed by atoms with E-state index in [1.165, 1.54) is 5.56 Å². The van der Waals surface area contributed by atoms with Crippen LogP contribution in [0, 0.1) is 0 Å². The van der Waals surface area contributed by atoms with Gasteiger partial charge in [0, 0.05) is 11.7 Å². The summed E-state index contributed by atoms with van der Waals surface area (Å²) in [7, 11) is 1.81. The van der Waals surface area contributed by atoms with Crippen molar-refractivity contribution in [2.45, 2.75) is 25.8 Å². The lowest BCUT2D eigenvalue weighted by Gasteiger charge is -2.17. The van der Waals surface area contributed by atoms with Gasteiger partial charge in [0.05, 0.1) is 17.1 Å². The molecule has 2 rings (SSSR count). The first-order valence-corrected chi connectivity index (χ1v) is 9.98. The van der Waals surface area contributed by atoms with Crippen LogP contribution in [-0.4, -0.2) is 38.0 Å². The van der Waals surface area contributed by atoms with Gasteiger partial charge in [0.25, 0.3) is 11.8 Å². The van der Waals surface area contributed by atoms with Crippen molar-refractivity contribution in [3.63, 3.8) is 0 Å². The number of carbonyl (C=O) groups excluding carboxylic acids is 2. The number of rotatable bonds is 9. The first kappa shape index (κ1) is 22.2. The molecule has 5 nitrogen and oxygen atoms in total. The second kappa shape index (κ2) is 11.1. The van der Waals surface area contributed by atoms with Crippen molar-refractivity contribution in [3.8, 4) is 0 Å². The van der Waals surface area contributed by atoms with Crippen molar-refractivity contribution < 1.29 is 14.5 Å². The molecule has 0 aliphatic heterocycles. The fourth-order valence-corrected chi connectivity index (χ4v) is 3.11. The van der Waals surface area contributed by atoms with Crippen molar-refractivity contribution in [2.24, 2.45) is 0 Å². The number of hydrogen-bond donors (Lipinski definition) is 3. The lowest BCUT2D eigenvalue weighted by molar-refractivity contribution is -0.862. The fraction of sp³-hybridized carbons (Fsp3) is 0.333. The number of benzene rings is 2. The Hall–Kier alpha value is -2.08. The molecule has 0 bridgehead atoms. The zero-order valence-corrected chi connectivity index (χ0v) is 17.6. The standard InChI is InChI=1S/C21H25Cl2N3O2/c1-15(8-9-16-6-4-3-5-7-16)24-20(27)13-26(2)14-21(28)25-17-10-11-18(22)19(23)12-17/h3-7,10-12,15H,8-9,13-14H2,1-2H3,(H,24,27)(H,25,28)/p+1/t15-/m0/s1. The minimum Gasteiger partial charge on any atom is -0.349 e. The summed E-state index contributed by atoms with van der Waals surface area (Å²) in [5.41, 5.74) is 1.83. The molecule has 28 heavy (non-hydrogen) atoms. The number of likely N-dealkylation sites (N-methyl/N-ethyl adjacent to an activating group) is 1. The van der Waals surface area contributed by atoms with Gasteiger partial charge in [0.1, 0.15) is 0 Å². The van der Waals surface area contributed by atoms with Gasteiger partial charge in [0.2, 0.25) is 0 Å². The minimum absolute atomic E-state index is 0.0691. The Balaban J connectivity index is 1.70. The number of nitrogens with one attached hydrogen (secondary N) is 3. The molecular weight excluding hydrogens is 397 g/mol. The average molecular weight is 423 g/mol. The number of hydrogen-bond acceptors (Lipinski definition) is 2. The molecule has 3 N–H and O–H groups in total. The highest BCUT2D eigenvalue weighted by Gasteiger charge is 2.16. The normalized spacial score (nSPS) is 12.9. The third-order valence-corrected chi connectivity index (χ3v) is 4.98. The van der Waals surface area contributed by atoms with E-state index < -0.39 is 0 Å². The van der Waals surface area contributed by atoms with E-state index in [0.717, 1.165) is 17.7 Å². The first-order valence-electron chi connectivity index (χ1n) is 9.23. The van der Waals surface area contributed by atoms with Crippen LogP contribution in [-0.2, 0) is 16.0 Å². The fourth-order valence-electron chi connectivity index (χ4n) is 2.82. The van der Waals surface area contributed by atoms with Crippen molar-refractivity contribution >= 4 is 40.7 Å². The summed E-state index contributed by atoms with van der Waals surface area (Å²) in [6, 6.07) is 15.2. The molecule has 0 aliphatic carbocycles. The van der Waals surface area contributed by atoms with Gasteiger partial charge in [-0.25, -0.2) is 0 Å². The van der Waals surface area contributed by atoms with Crippen LogP contribution >= 0.6 is 23.2 Å². The number of halogens is 2. The smallest absolute Gasteiger partial charge is 0.279 e. The predicted molar refractivity (Wildman–Crippen MR) is 114 cm³/mol. The molecule has 0 saturated heterocycles. The molecule has 0 spiro atoms. The monoisotopic (exact) mass is 422 g/mol. The van der Waals surface area contributed by atoms with Crippen LogP contribution in [0.15, 0.2) is 48.5 Å². The molecule has 2 atom stereocenters. The molecule has 7 heteroatoms. The SMILES string of the molecule is C[C@@H](CCc1ccccc1)NC(=O)C[NH+](C)CC(=O)Nc1ccc(Cl)c(Cl)c1. The summed E-state index contributed by atoms with van der Waals surface area (Å²) in [6.07, 6.45) is 1.78. The van der Waals surface area contributed by atoms with Gasteiger partial charge >= 0.3 is 0 Å². The van der Waals surface area contributed by atoms with Crippen molar-refractivity contribution in [1.82, 2.24) is 5.32 Å². The lowest BCUT2D eigenvalue weighted by atomic mass is 10.1. The molecule has 2 aromatic carbocycles. The average Bonchev–Trinajstić information content (AvgIpc) is 2.63. The van der Waals surface area contributed by atoms with E-state index in [2.05, 4.69) is 22.8 Å². The highest BCUT2D eigenvalue weighted by Crippen LogP contribution is 2.24. The topological polar surface area (TPSA) is 62.6 Å². The van der Waals surface area contributed by atoms with Crippen LogP contribution in [0.4, 0.5) is 5.69 Å². The second-order valence-corrected chi connectivity index (χ2v) is 7.79. The Bertz CT molecular complexity index is 799. The number of quaternary nitrogens is 1. The molecule has 2 amide bonds. The Morgan fingerprint density at radius 3 is 2.36 bits per heavy atom. The number of anilines is 1. The second-order valence-electron chi connectivity index (χ2n) is 6.98. The largest absolute Gasteiger partial charge is 0.349 e. The molecule has 0 aliphatic rings. The summed E-state index contributed by atoms with van der Waals surface area (Å²) >= 11 is 11.8. The number of amides is 2. The molecule has 0 radical (unpaired) electrons. The van der Waals surface area contributed by atoms with E-state index in [4.69, 9.17) is 23.2 Å². The van der Waals surface area contributed by atoms with Crippen molar-refractivity contribution in [1.29, 1.82) is 0 Å². The Morgan fingerprint density at radius 1 is 1.00 bits per heavy atom. The lowest BCUT2D eigenvalue weighted by Crippen LogP contribution is -3.11. The van der Waals surface area contributed by atoms with Crippen LogP contribution < -0.4 is 15.5 Å². The quantitative estimate of drug-likeness (QED) is 0.581. The summed E-state index contributed by atoms with van der Waals surface area (Å²) in [6.45, 7) is 2.39. The van der Waals surface area contributed by atoms with Gasteiger partial charge in [-0.05, 0) is 43.5 Å². The van der Waals surface area contributed by atoms with Crippen LogP contribution in [0.3, 0.4) is 0 Å². The summed E-state index contributed by atoms with van der Waals surface area (Å²) in [5, 5.41) is 6.56. The third kappa shape index (κ3) is 7.89. The van der Waals surface area contributed by atoms with Crippen LogP contribution in [0.5, 0.6) is 0 Å². The van der Waals surface area contributed by atoms with Crippen molar-refractivity contribution in [2.75, 3.05) is 25.5 Å². The van der Waals surface area contributed by atoms with E-state index in [0.29, 0.717) is 15.7 Å². The van der Waals surface area contributed by atoms with Crippen LogP contribution in [0.1, 0.15) is 18.9 Å². The van der Waals surface area contributed by atoms with E-state index in [1.807, 2.05) is 32.2 Å². The van der Waals surface area contributed by atoms with Gasteiger partial charge in [0.15, 0.2) is 13.1 Å². The number of aryl methyl sites for hydroxylation is 1. The molecule has 150 valence electrons. The van der Waals surface area contributed by atoms with Gasteiger partial charge in [-0.3, -0.25) is 9.59 Å². The van der Waals surface area contributed by atoms with Crippen LogP contribution in [0.25, 0.3) is 0 Å². The maximum absolute atomic E-state index is 12.2. The Morgan fingerprint density at radius 2 is 1.68 bits per heavy atom. The highest BCUT2D eigenvalue weighted by molar-refractivity contribution is 6.42. The predicted octanol–water partition coefficient (Wildman–Crippen LogP) is 2.58. The molecule has 0 saturated carbocycles. The number of carbonyl (C=O) groups is 2. The zero-order chi connectivity index (χ0) is 20.5. The Kier molecular flexibility index (Phi) is 8.77. The summed E-state index contributed by atoms with van der Waals surface area (Å²) < 4.78 is 0. The molecule has 0 heterocycles. The molecular formula is C21H26Cl2N3O2+. The van der Waals surface area contributed by atoms with Gasteiger partial charge in [-0.15, -0.1) is 0 Å². The van der Waals surface area contributed by atoms with E-state index in [-0.39, 0.29) is 30.9 Å². The summed E-state index contributed by atoms with van der Waals surface area (Å²) in [5.74, 6) is -0.263. The van der Waals surface area contributed by atoms with E-state index >= 15 is 0 Å². The first-order chi connectivity index (χ1) is 13.3. The Labute approximate surface area is 176 Å². The highest BCUT2D eigenvalue weighted by atomic mass is 35.5.